The maximum atomic E-state index is 11.7. The maximum Gasteiger partial charge on any atom is 0.246 e. The Morgan fingerprint density at radius 3 is 2.87 bits per heavy atom. The van der Waals surface area contributed by atoms with Crippen molar-refractivity contribution >= 4 is 17.3 Å². The van der Waals surface area contributed by atoms with Crippen molar-refractivity contribution in [1.82, 2.24) is 0 Å². The van der Waals surface area contributed by atoms with Crippen molar-refractivity contribution in [1.29, 1.82) is 0 Å². The molecule has 0 saturated heterocycles. The number of aromatic hydroxyl groups is 1. The summed E-state index contributed by atoms with van der Waals surface area (Å²) in [6, 6.07) is 5.26. The van der Waals surface area contributed by atoms with Crippen molar-refractivity contribution in [3.8, 4) is 5.75 Å². The third kappa shape index (κ3) is 1.52. The molecule has 1 aliphatic rings. The number of anilines is 2. The first-order chi connectivity index (χ1) is 7.11. The number of hydrogen-bond donors (Lipinski definition) is 2. The summed E-state index contributed by atoms with van der Waals surface area (Å²) in [7, 11) is 0. The van der Waals surface area contributed by atoms with E-state index in [4.69, 9.17) is 0 Å². The van der Waals surface area contributed by atoms with Crippen LogP contribution in [0, 0.1) is 0 Å². The Hall–Kier alpha value is -1.71. The van der Waals surface area contributed by atoms with Gasteiger partial charge in [0.1, 0.15) is 11.4 Å². The van der Waals surface area contributed by atoms with Crippen LogP contribution in [0.15, 0.2) is 18.2 Å². The average Bonchev–Trinajstić information content (AvgIpc) is 2.18. The van der Waals surface area contributed by atoms with E-state index in [9.17, 15) is 9.90 Å². The highest BCUT2D eigenvalue weighted by Gasteiger charge is 2.28. The second-order valence-corrected chi connectivity index (χ2v) is 3.88. The van der Waals surface area contributed by atoms with E-state index in [1.807, 2.05) is 19.9 Å². The molecule has 0 fully saturated rings. The Kier molecular flexibility index (Phi) is 2.26. The standard InChI is InChI=1S/C11H14N2O2/c1-7(2)13-10(15)6-12-8-4-3-5-9(14)11(8)13/h3-5,7,12,14H,6H2,1-2H3. The van der Waals surface area contributed by atoms with E-state index in [-0.39, 0.29) is 24.2 Å². The van der Waals surface area contributed by atoms with E-state index in [0.717, 1.165) is 5.69 Å². The molecule has 0 aromatic heterocycles. The third-order valence-electron chi connectivity index (χ3n) is 2.47. The number of phenolic OH excluding ortho intramolecular Hbond substituents is 1. The first-order valence-electron chi connectivity index (χ1n) is 4.99. The molecule has 0 saturated carbocycles. The number of phenols is 1. The van der Waals surface area contributed by atoms with Gasteiger partial charge in [-0.1, -0.05) is 6.07 Å². The Morgan fingerprint density at radius 2 is 2.20 bits per heavy atom. The number of para-hydroxylation sites is 1. The highest BCUT2D eigenvalue weighted by molar-refractivity contribution is 6.04. The van der Waals surface area contributed by atoms with Crippen LogP contribution in [0.2, 0.25) is 0 Å². The molecule has 15 heavy (non-hydrogen) atoms. The minimum absolute atomic E-state index is 0.0148. The molecular weight excluding hydrogens is 192 g/mol. The zero-order chi connectivity index (χ0) is 11.0. The van der Waals surface area contributed by atoms with Gasteiger partial charge >= 0.3 is 0 Å². The van der Waals surface area contributed by atoms with Crippen molar-refractivity contribution < 1.29 is 9.90 Å². The lowest BCUT2D eigenvalue weighted by Gasteiger charge is -2.33. The van der Waals surface area contributed by atoms with Gasteiger partial charge in [0.15, 0.2) is 0 Å². The lowest BCUT2D eigenvalue weighted by molar-refractivity contribution is -0.117. The minimum Gasteiger partial charge on any atom is -0.506 e. The smallest absolute Gasteiger partial charge is 0.246 e. The second kappa shape index (κ2) is 3.46. The monoisotopic (exact) mass is 206 g/mol. The van der Waals surface area contributed by atoms with Crippen molar-refractivity contribution in [3.05, 3.63) is 18.2 Å². The van der Waals surface area contributed by atoms with Gasteiger partial charge in [0.25, 0.3) is 0 Å². The molecule has 0 radical (unpaired) electrons. The van der Waals surface area contributed by atoms with Gasteiger partial charge in [-0.15, -0.1) is 0 Å². The average molecular weight is 206 g/mol. The lowest BCUT2D eigenvalue weighted by Crippen LogP contribution is -2.44. The summed E-state index contributed by atoms with van der Waals surface area (Å²) in [6.45, 7) is 4.15. The van der Waals surface area contributed by atoms with Gasteiger partial charge in [0.2, 0.25) is 5.91 Å². The van der Waals surface area contributed by atoms with Crippen LogP contribution in [0.5, 0.6) is 5.75 Å². The summed E-state index contributed by atoms with van der Waals surface area (Å²) >= 11 is 0. The van der Waals surface area contributed by atoms with Gasteiger partial charge in [-0.2, -0.15) is 0 Å². The van der Waals surface area contributed by atoms with Crippen LogP contribution in [0.25, 0.3) is 0 Å². The first-order valence-corrected chi connectivity index (χ1v) is 4.99. The van der Waals surface area contributed by atoms with Crippen LogP contribution in [0.3, 0.4) is 0 Å². The molecule has 1 aromatic carbocycles. The molecule has 1 aliphatic heterocycles. The number of hydrogen-bond acceptors (Lipinski definition) is 3. The molecule has 0 spiro atoms. The highest BCUT2D eigenvalue weighted by Crippen LogP contribution is 2.38. The van der Waals surface area contributed by atoms with E-state index in [1.54, 1.807) is 17.0 Å². The number of carbonyl (C=O) groups excluding carboxylic acids is 1. The van der Waals surface area contributed by atoms with Crippen LogP contribution in [0.4, 0.5) is 11.4 Å². The number of amides is 1. The fraction of sp³-hybridized carbons (Fsp3) is 0.364. The Labute approximate surface area is 88.5 Å². The molecule has 4 nitrogen and oxygen atoms in total. The first kappa shape index (κ1) is 9.83. The molecule has 0 aliphatic carbocycles. The van der Waals surface area contributed by atoms with E-state index in [2.05, 4.69) is 5.32 Å². The largest absolute Gasteiger partial charge is 0.506 e. The maximum absolute atomic E-state index is 11.7. The molecule has 2 rings (SSSR count). The van der Waals surface area contributed by atoms with Crippen LogP contribution in [-0.4, -0.2) is 23.6 Å². The number of benzene rings is 1. The summed E-state index contributed by atoms with van der Waals surface area (Å²) in [5.74, 6) is 0.126. The second-order valence-electron chi connectivity index (χ2n) is 3.88. The van der Waals surface area contributed by atoms with Crippen molar-refractivity contribution in [3.63, 3.8) is 0 Å². The van der Waals surface area contributed by atoms with Crippen LogP contribution < -0.4 is 10.2 Å². The van der Waals surface area contributed by atoms with Crippen LogP contribution >= 0.6 is 0 Å². The van der Waals surface area contributed by atoms with Crippen molar-refractivity contribution in [2.24, 2.45) is 0 Å². The molecule has 4 heteroatoms. The van der Waals surface area contributed by atoms with Gasteiger partial charge in [0.05, 0.1) is 12.2 Å². The van der Waals surface area contributed by atoms with Gasteiger partial charge < -0.3 is 15.3 Å². The number of fused-ring (bicyclic) bond motifs is 1. The third-order valence-corrected chi connectivity index (χ3v) is 2.47. The Bertz CT molecular complexity index is 402. The van der Waals surface area contributed by atoms with E-state index in [1.165, 1.54) is 0 Å². The van der Waals surface area contributed by atoms with Crippen molar-refractivity contribution in [2.75, 3.05) is 16.8 Å². The number of nitrogens with one attached hydrogen (secondary N) is 1. The fourth-order valence-corrected chi connectivity index (χ4v) is 1.85. The molecule has 1 heterocycles. The van der Waals surface area contributed by atoms with E-state index in [0.29, 0.717) is 5.69 Å². The Morgan fingerprint density at radius 1 is 1.47 bits per heavy atom. The molecule has 0 bridgehead atoms. The highest BCUT2D eigenvalue weighted by atomic mass is 16.3. The molecule has 80 valence electrons. The lowest BCUT2D eigenvalue weighted by atomic mass is 10.1. The predicted molar refractivity (Wildman–Crippen MR) is 59.2 cm³/mol. The van der Waals surface area contributed by atoms with Gasteiger partial charge in [-0.3, -0.25) is 4.79 Å². The Balaban J connectivity index is 2.55. The van der Waals surface area contributed by atoms with Crippen LogP contribution in [0.1, 0.15) is 13.8 Å². The SMILES string of the molecule is CC(C)N1C(=O)CNc2cccc(O)c21. The quantitative estimate of drug-likeness (QED) is 0.733. The van der Waals surface area contributed by atoms with Crippen LogP contribution in [-0.2, 0) is 4.79 Å². The topological polar surface area (TPSA) is 52.6 Å². The van der Waals surface area contributed by atoms with E-state index < -0.39 is 0 Å². The summed E-state index contributed by atoms with van der Waals surface area (Å²) in [6.07, 6.45) is 0. The zero-order valence-electron chi connectivity index (χ0n) is 8.82. The summed E-state index contributed by atoms with van der Waals surface area (Å²) in [5.41, 5.74) is 1.40. The molecule has 0 unspecified atom stereocenters. The van der Waals surface area contributed by atoms with E-state index >= 15 is 0 Å². The summed E-state index contributed by atoms with van der Waals surface area (Å²) in [4.78, 5) is 13.3. The number of nitrogens with zero attached hydrogens (tertiary/aromatic N) is 1. The molecule has 1 amide bonds. The van der Waals surface area contributed by atoms with Crippen molar-refractivity contribution in [2.45, 2.75) is 19.9 Å². The van der Waals surface area contributed by atoms with Gasteiger partial charge in [0, 0.05) is 6.04 Å². The predicted octanol–water partition coefficient (Wildman–Crippen LogP) is 1.56. The van der Waals surface area contributed by atoms with Gasteiger partial charge in [-0.05, 0) is 26.0 Å². The van der Waals surface area contributed by atoms with Gasteiger partial charge in [-0.25, -0.2) is 0 Å². The number of rotatable bonds is 1. The molecule has 0 atom stereocenters. The zero-order valence-corrected chi connectivity index (χ0v) is 8.82. The normalized spacial score (nSPS) is 15.1. The molecular formula is C11H14N2O2. The minimum atomic E-state index is -0.0148. The summed E-state index contributed by atoms with van der Waals surface area (Å²) < 4.78 is 0. The fourth-order valence-electron chi connectivity index (χ4n) is 1.85. The number of carbonyl (C=O) groups is 1. The molecule has 2 N–H and O–H groups in total. The summed E-state index contributed by atoms with van der Waals surface area (Å²) in [5, 5.41) is 12.7. The molecule has 1 aromatic rings.